The van der Waals surface area contributed by atoms with Crippen molar-refractivity contribution < 1.29 is 14.7 Å². The van der Waals surface area contributed by atoms with Crippen LogP contribution >= 0.6 is 0 Å². The van der Waals surface area contributed by atoms with Crippen LogP contribution in [-0.2, 0) is 6.54 Å². The summed E-state index contributed by atoms with van der Waals surface area (Å²) in [4.78, 5) is 43.9. The predicted octanol–water partition coefficient (Wildman–Crippen LogP) is 1.21. The Balaban J connectivity index is 1.38. The molecule has 4 N–H and O–H groups in total. The van der Waals surface area contributed by atoms with Crippen LogP contribution in [0.25, 0.3) is 5.69 Å². The van der Waals surface area contributed by atoms with Crippen molar-refractivity contribution in [3.8, 4) is 5.69 Å². The average Bonchev–Trinajstić information content (AvgIpc) is 2.81. The Morgan fingerprint density at radius 2 is 1.88 bits per heavy atom. The Morgan fingerprint density at radius 3 is 2.53 bits per heavy atom. The Morgan fingerprint density at radius 1 is 1.15 bits per heavy atom. The SMILES string of the molecule is Cc1cc(CN2CCC(NC(=O)O)CC2)ccc1-n1ccc(NC(=O)N2CCNCC2)nc1=O. The van der Waals surface area contributed by atoms with E-state index in [0.717, 1.165) is 62.4 Å². The molecule has 1 aromatic carbocycles. The lowest BCUT2D eigenvalue weighted by Gasteiger charge is -2.31. The molecule has 11 heteroatoms. The van der Waals surface area contributed by atoms with Gasteiger partial charge in [-0.25, -0.2) is 14.4 Å². The van der Waals surface area contributed by atoms with E-state index >= 15 is 0 Å². The van der Waals surface area contributed by atoms with Gasteiger partial charge in [0, 0.05) is 58.1 Å². The number of aryl methyl sites for hydroxylation is 1. The molecule has 2 aliphatic rings. The van der Waals surface area contributed by atoms with Crippen molar-refractivity contribution in [3.05, 3.63) is 52.1 Å². The number of carbonyl (C=O) groups is 2. The van der Waals surface area contributed by atoms with Gasteiger partial charge in [0.1, 0.15) is 5.82 Å². The van der Waals surface area contributed by atoms with Crippen LogP contribution in [-0.4, -0.2) is 81.9 Å². The monoisotopic (exact) mass is 469 g/mol. The lowest BCUT2D eigenvalue weighted by Crippen LogP contribution is -2.48. The Bertz CT molecular complexity index is 1090. The van der Waals surface area contributed by atoms with E-state index in [4.69, 9.17) is 5.11 Å². The molecule has 11 nitrogen and oxygen atoms in total. The molecule has 2 saturated heterocycles. The molecule has 0 atom stereocenters. The Labute approximate surface area is 197 Å². The minimum absolute atomic E-state index is 0.0156. The number of amides is 3. The number of piperidine rings is 1. The van der Waals surface area contributed by atoms with Crippen molar-refractivity contribution in [1.82, 2.24) is 30.0 Å². The zero-order valence-electron chi connectivity index (χ0n) is 19.3. The van der Waals surface area contributed by atoms with Crippen LogP contribution in [0, 0.1) is 6.92 Å². The predicted molar refractivity (Wildman–Crippen MR) is 127 cm³/mol. The number of benzene rings is 1. The molecule has 0 saturated carbocycles. The first kappa shape index (κ1) is 23.7. The molecule has 1 aromatic heterocycles. The minimum Gasteiger partial charge on any atom is -0.465 e. The summed E-state index contributed by atoms with van der Waals surface area (Å²) in [7, 11) is 0. The Hall–Kier alpha value is -3.44. The summed E-state index contributed by atoms with van der Waals surface area (Å²) in [6.45, 7) is 7.11. The second kappa shape index (κ2) is 10.7. The number of nitrogens with one attached hydrogen (secondary N) is 3. The molecule has 0 bridgehead atoms. The zero-order chi connectivity index (χ0) is 24.1. The molecular formula is C23H31N7O4. The van der Waals surface area contributed by atoms with Crippen LogP contribution in [0.2, 0.25) is 0 Å². The van der Waals surface area contributed by atoms with Crippen LogP contribution in [0.3, 0.4) is 0 Å². The molecule has 4 rings (SSSR count). The summed E-state index contributed by atoms with van der Waals surface area (Å²) in [6.07, 6.45) is 2.25. The lowest BCUT2D eigenvalue weighted by atomic mass is 10.0. The second-order valence-corrected chi connectivity index (χ2v) is 8.75. The van der Waals surface area contributed by atoms with Crippen LogP contribution < -0.4 is 21.6 Å². The molecule has 3 amide bonds. The molecule has 0 radical (unpaired) electrons. The van der Waals surface area contributed by atoms with Crippen LogP contribution in [0.5, 0.6) is 0 Å². The lowest BCUT2D eigenvalue weighted by molar-refractivity contribution is 0.165. The first-order chi connectivity index (χ1) is 16.4. The van der Waals surface area contributed by atoms with E-state index < -0.39 is 11.8 Å². The number of likely N-dealkylation sites (tertiary alicyclic amines) is 1. The Kier molecular flexibility index (Phi) is 7.43. The van der Waals surface area contributed by atoms with E-state index in [1.165, 1.54) is 4.57 Å². The standard InChI is InChI=1S/C23H31N7O4/c1-16-14-17(15-28-9-4-18(5-10-28)25-23(33)34)2-3-19(16)30-11-6-20(27-22(30)32)26-21(31)29-12-7-24-8-13-29/h2-3,6,11,14,18,24-25H,4-5,7-10,12-13,15H2,1H3,(H,33,34)(H,26,27,31,32). The average molecular weight is 470 g/mol. The topological polar surface area (TPSA) is 132 Å². The molecule has 0 spiro atoms. The van der Waals surface area contributed by atoms with Gasteiger partial charge >= 0.3 is 17.8 Å². The summed E-state index contributed by atoms with van der Waals surface area (Å²) in [5.41, 5.74) is 2.36. The number of piperazine rings is 1. The molecule has 2 aliphatic heterocycles. The quantitative estimate of drug-likeness (QED) is 0.518. The summed E-state index contributed by atoms with van der Waals surface area (Å²) in [5.74, 6) is 0.236. The maximum Gasteiger partial charge on any atom is 0.404 e. The zero-order valence-corrected chi connectivity index (χ0v) is 19.3. The third-order valence-corrected chi connectivity index (χ3v) is 6.28. The summed E-state index contributed by atoms with van der Waals surface area (Å²) < 4.78 is 1.47. The number of hydrogen-bond donors (Lipinski definition) is 4. The number of carbonyl (C=O) groups excluding carboxylic acids is 1. The van der Waals surface area contributed by atoms with Crippen molar-refractivity contribution in [2.24, 2.45) is 0 Å². The molecule has 182 valence electrons. The van der Waals surface area contributed by atoms with Gasteiger partial charge in [-0.2, -0.15) is 4.98 Å². The van der Waals surface area contributed by atoms with Crippen molar-refractivity contribution in [3.63, 3.8) is 0 Å². The minimum atomic E-state index is -0.968. The number of anilines is 1. The number of urea groups is 1. The van der Waals surface area contributed by atoms with Crippen molar-refractivity contribution in [2.45, 2.75) is 32.4 Å². The van der Waals surface area contributed by atoms with Gasteiger partial charge in [-0.15, -0.1) is 0 Å². The fourth-order valence-electron chi connectivity index (χ4n) is 4.47. The molecule has 2 aromatic rings. The molecule has 34 heavy (non-hydrogen) atoms. The van der Waals surface area contributed by atoms with Gasteiger partial charge in [0.2, 0.25) is 0 Å². The van der Waals surface area contributed by atoms with Crippen LogP contribution in [0.4, 0.5) is 15.4 Å². The normalized spacial score (nSPS) is 17.4. The van der Waals surface area contributed by atoms with Gasteiger partial charge in [-0.1, -0.05) is 12.1 Å². The van der Waals surface area contributed by atoms with Crippen molar-refractivity contribution in [1.29, 1.82) is 0 Å². The van der Waals surface area contributed by atoms with E-state index in [-0.39, 0.29) is 17.9 Å². The van der Waals surface area contributed by atoms with Gasteiger partial charge in [0.15, 0.2) is 0 Å². The largest absolute Gasteiger partial charge is 0.465 e. The van der Waals surface area contributed by atoms with E-state index in [1.807, 2.05) is 19.1 Å². The number of aromatic nitrogens is 2. The maximum atomic E-state index is 12.7. The number of nitrogens with zero attached hydrogens (tertiary/aromatic N) is 4. The van der Waals surface area contributed by atoms with Gasteiger partial charge in [-0.3, -0.25) is 14.8 Å². The molecule has 3 heterocycles. The number of rotatable bonds is 5. The maximum absolute atomic E-state index is 12.7. The van der Waals surface area contributed by atoms with Crippen molar-refractivity contribution in [2.75, 3.05) is 44.6 Å². The van der Waals surface area contributed by atoms with Gasteiger partial charge in [-0.05, 0) is 43.0 Å². The van der Waals surface area contributed by atoms with Crippen LogP contribution in [0.1, 0.15) is 24.0 Å². The number of hydrogen-bond acceptors (Lipinski definition) is 6. The van der Waals surface area contributed by atoms with Crippen molar-refractivity contribution >= 4 is 17.9 Å². The van der Waals surface area contributed by atoms with E-state index in [0.29, 0.717) is 13.1 Å². The fraction of sp³-hybridized carbons (Fsp3) is 0.478. The smallest absolute Gasteiger partial charge is 0.404 e. The third kappa shape index (κ3) is 5.91. The highest BCUT2D eigenvalue weighted by Gasteiger charge is 2.21. The highest BCUT2D eigenvalue weighted by molar-refractivity contribution is 5.88. The summed E-state index contributed by atoms with van der Waals surface area (Å²) in [5, 5.41) is 17.3. The van der Waals surface area contributed by atoms with Gasteiger partial charge in [0.05, 0.1) is 5.69 Å². The van der Waals surface area contributed by atoms with E-state index in [9.17, 15) is 14.4 Å². The summed E-state index contributed by atoms with van der Waals surface area (Å²) in [6, 6.07) is 7.35. The summed E-state index contributed by atoms with van der Waals surface area (Å²) >= 11 is 0. The molecular weight excluding hydrogens is 438 g/mol. The van der Waals surface area contributed by atoms with Gasteiger partial charge in [0.25, 0.3) is 0 Å². The highest BCUT2D eigenvalue weighted by atomic mass is 16.4. The van der Waals surface area contributed by atoms with Crippen LogP contribution in [0.15, 0.2) is 35.3 Å². The third-order valence-electron chi connectivity index (χ3n) is 6.28. The highest BCUT2D eigenvalue weighted by Crippen LogP contribution is 2.19. The second-order valence-electron chi connectivity index (χ2n) is 8.75. The first-order valence-corrected chi connectivity index (χ1v) is 11.6. The van der Waals surface area contributed by atoms with E-state index in [1.54, 1.807) is 17.2 Å². The molecule has 0 unspecified atom stereocenters. The number of carboxylic acid groups (broad SMARTS) is 1. The molecule has 0 aliphatic carbocycles. The van der Waals surface area contributed by atoms with E-state index in [2.05, 4.69) is 31.9 Å². The first-order valence-electron chi connectivity index (χ1n) is 11.6. The van der Waals surface area contributed by atoms with Gasteiger partial charge < -0.3 is 20.6 Å². The fourth-order valence-corrected chi connectivity index (χ4v) is 4.47. The molecule has 2 fully saturated rings.